The van der Waals surface area contributed by atoms with E-state index < -0.39 is 28.7 Å². The highest BCUT2D eigenvalue weighted by molar-refractivity contribution is 5.84. The van der Waals surface area contributed by atoms with Gasteiger partial charge >= 0.3 is 5.97 Å². The molecule has 0 spiro atoms. The average molecular weight is 266 g/mol. The zero-order chi connectivity index (χ0) is 14.2. The van der Waals surface area contributed by atoms with Gasteiger partial charge in [0.15, 0.2) is 0 Å². The van der Waals surface area contributed by atoms with E-state index in [1.54, 1.807) is 0 Å². The molecular formula is C12H8F2N2O3. The predicted octanol–water partition coefficient (Wildman–Crippen LogP) is 1.52. The van der Waals surface area contributed by atoms with Crippen LogP contribution in [0.2, 0.25) is 0 Å². The first-order valence-electron chi connectivity index (χ1n) is 5.19. The molecule has 98 valence electrons. The number of carbonyl (C=O) groups is 1. The van der Waals surface area contributed by atoms with Crippen molar-refractivity contribution in [2.75, 3.05) is 0 Å². The van der Waals surface area contributed by atoms with Crippen LogP contribution in [0.5, 0.6) is 0 Å². The van der Waals surface area contributed by atoms with E-state index in [0.717, 1.165) is 22.9 Å². The molecule has 1 N–H and O–H groups in total. The van der Waals surface area contributed by atoms with Crippen molar-refractivity contribution < 1.29 is 18.7 Å². The van der Waals surface area contributed by atoms with Gasteiger partial charge in [0.05, 0.1) is 5.69 Å². The quantitative estimate of drug-likeness (QED) is 0.894. The number of benzene rings is 1. The van der Waals surface area contributed by atoms with Crippen LogP contribution in [-0.2, 0) is 0 Å². The van der Waals surface area contributed by atoms with Gasteiger partial charge in [0.2, 0.25) is 11.1 Å². The van der Waals surface area contributed by atoms with Crippen LogP contribution in [0.15, 0.2) is 29.1 Å². The number of hydrogen-bond acceptors (Lipinski definition) is 3. The third-order valence-electron chi connectivity index (χ3n) is 2.40. The largest absolute Gasteiger partial charge is 0.476 e. The maximum Gasteiger partial charge on any atom is 0.360 e. The molecular weight excluding hydrogens is 258 g/mol. The molecule has 0 aliphatic rings. The van der Waals surface area contributed by atoms with Crippen molar-refractivity contribution in [1.82, 2.24) is 9.78 Å². The fourth-order valence-electron chi connectivity index (χ4n) is 1.62. The topological polar surface area (TPSA) is 72.2 Å². The fourth-order valence-corrected chi connectivity index (χ4v) is 1.62. The number of nitrogens with zero attached hydrogens (tertiary/aromatic N) is 2. The minimum atomic E-state index is -1.50. The van der Waals surface area contributed by atoms with Crippen LogP contribution in [0.4, 0.5) is 8.78 Å². The Morgan fingerprint density at radius 2 is 1.79 bits per heavy atom. The minimum Gasteiger partial charge on any atom is -0.476 e. The smallest absolute Gasteiger partial charge is 0.360 e. The van der Waals surface area contributed by atoms with Crippen molar-refractivity contribution in [2.24, 2.45) is 0 Å². The predicted molar refractivity (Wildman–Crippen MR) is 61.4 cm³/mol. The summed E-state index contributed by atoms with van der Waals surface area (Å²) in [6.45, 7) is 1.48. The zero-order valence-corrected chi connectivity index (χ0v) is 9.72. The standard InChI is InChI=1S/C12H8F2N2O3/c1-6-2-10(17)11(12(18)19)15-16(6)9-4-7(13)3-8(14)5-9/h2-5H,1H3,(H,18,19). The van der Waals surface area contributed by atoms with E-state index in [4.69, 9.17) is 5.11 Å². The van der Waals surface area contributed by atoms with Gasteiger partial charge in [0.1, 0.15) is 11.6 Å². The lowest BCUT2D eigenvalue weighted by Gasteiger charge is -2.10. The van der Waals surface area contributed by atoms with Gasteiger partial charge in [-0.1, -0.05) is 0 Å². The molecule has 7 heteroatoms. The molecule has 0 aliphatic heterocycles. The van der Waals surface area contributed by atoms with Crippen LogP contribution < -0.4 is 5.43 Å². The van der Waals surface area contributed by atoms with Crippen molar-refractivity contribution >= 4 is 5.97 Å². The SMILES string of the molecule is Cc1cc(=O)c(C(=O)O)nn1-c1cc(F)cc(F)c1. The Morgan fingerprint density at radius 3 is 2.32 bits per heavy atom. The summed E-state index contributed by atoms with van der Waals surface area (Å²) >= 11 is 0. The van der Waals surface area contributed by atoms with Crippen molar-refractivity contribution in [1.29, 1.82) is 0 Å². The van der Waals surface area contributed by atoms with Crippen LogP contribution >= 0.6 is 0 Å². The third-order valence-corrected chi connectivity index (χ3v) is 2.40. The number of aromatic carboxylic acids is 1. The van der Waals surface area contributed by atoms with Crippen molar-refractivity contribution in [3.8, 4) is 5.69 Å². The first kappa shape index (κ1) is 12.9. The molecule has 5 nitrogen and oxygen atoms in total. The lowest BCUT2D eigenvalue weighted by Crippen LogP contribution is -2.22. The lowest BCUT2D eigenvalue weighted by molar-refractivity contribution is 0.0686. The highest BCUT2D eigenvalue weighted by Gasteiger charge is 2.14. The molecule has 0 saturated heterocycles. The third kappa shape index (κ3) is 2.49. The Balaban J connectivity index is 2.71. The molecule has 1 aromatic heterocycles. The summed E-state index contributed by atoms with van der Waals surface area (Å²) < 4.78 is 27.2. The molecule has 2 aromatic rings. The van der Waals surface area contributed by atoms with Gasteiger partial charge in [-0.3, -0.25) is 4.79 Å². The minimum absolute atomic E-state index is 0.00231. The van der Waals surface area contributed by atoms with E-state index in [0.29, 0.717) is 6.07 Å². The zero-order valence-electron chi connectivity index (χ0n) is 9.72. The lowest BCUT2D eigenvalue weighted by atomic mass is 10.2. The Labute approximate surface area is 105 Å². The van der Waals surface area contributed by atoms with Crippen molar-refractivity contribution in [2.45, 2.75) is 6.92 Å². The van der Waals surface area contributed by atoms with E-state index in [1.165, 1.54) is 6.92 Å². The van der Waals surface area contributed by atoms with E-state index in [9.17, 15) is 18.4 Å². The molecule has 1 aromatic carbocycles. The Kier molecular flexibility index (Phi) is 3.12. The highest BCUT2D eigenvalue weighted by Crippen LogP contribution is 2.13. The van der Waals surface area contributed by atoms with Crippen molar-refractivity contribution in [3.05, 3.63) is 57.5 Å². The van der Waals surface area contributed by atoms with Gasteiger partial charge in [-0.05, 0) is 19.1 Å². The summed E-state index contributed by atoms with van der Waals surface area (Å²) in [5, 5.41) is 12.4. The molecule has 0 atom stereocenters. The number of hydrogen-bond donors (Lipinski definition) is 1. The number of rotatable bonds is 2. The fraction of sp³-hybridized carbons (Fsp3) is 0.0833. The molecule has 0 fully saturated rings. The van der Waals surface area contributed by atoms with E-state index in [2.05, 4.69) is 5.10 Å². The summed E-state index contributed by atoms with van der Waals surface area (Å²) in [4.78, 5) is 22.2. The van der Waals surface area contributed by atoms with E-state index in [-0.39, 0.29) is 11.4 Å². The number of aryl methyl sites for hydroxylation is 1. The molecule has 0 amide bonds. The summed E-state index contributed by atoms with van der Waals surface area (Å²) in [5.41, 5.74) is -1.22. The molecule has 2 rings (SSSR count). The summed E-state index contributed by atoms with van der Waals surface area (Å²) in [5.74, 6) is -3.16. The Bertz CT molecular complexity index is 705. The second kappa shape index (κ2) is 4.60. The summed E-state index contributed by atoms with van der Waals surface area (Å²) in [7, 11) is 0. The maximum atomic E-state index is 13.1. The number of carboxylic acid groups (broad SMARTS) is 1. The molecule has 0 aliphatic carbocycles. The summed E-state index contributed by atoms with van der Waals surface area (Å²) in [6.07, 6.45) is 0. The molecule has 0 unspecified atom stereocenters. The van der Waals surface area contributed by atoms with Crippen LogP contribution in [0.3, 0.4) is 0 Å². The molecule has 0 radical (unpaired) electrons. The maximum absolute atomic E-state index is 13.1. The van der Waals surface area contributed by atoms with Gasteiger partial charge in [-0.25, -0.2) is 18.3 Å². The normalized spacial score (nSPS) is 10.5. The van der Waals surface area contributed by atoms with Crippen LogP contribution in [-0.4, -0.2) is 20.9 Å². The Hall–Kier alpha value is -2.57. The molecule has 1 heterocycles. The van der Waals surface area contributed by atoms with Gasteiger partial charge in [0.25, 0.3) is 0 Å². The highest BCUT2D eigenvalue weighted by atomic mass is 19.1. The molecule has 0 saturated carbocycles. The first-order chi connectivity index (χ1) is 8.88. The number of aromatic nitrogens is 2. The van der Waals surface area contributed by atoms with E-state index >= 15 is 0 Å². The summed E-state index contributed by atoms with van der Waals surface area (Å²) in [6, 6.07) is 3.69. The second-order valence-electron chi connectivity index (χ2n) is 3.84. The van der Waals surface area contributed by atoms with Gasteiger partial charge < -0.3 is 5.11 Å². The second-order valence-corrected chi connectivity index (χ2v) is 3.84. The number of halogens is 2. The van der Waals surface area contributed by atoms with Crippen molar-refractivity contribution in [3.63, 3.8) is 0 Å². The van der Waals surface area contributed by atoms with E-state index in [1.807, 2.05) is 0 Å². The van der Waals surface area contributed by atoms with Gasteiger partial charge in [-0.15, -0.1) is 0 Å². The first-order valence-corrected chi connectivity index (χ1v) is 5.19. The van der Waals surface area contributed by atoms with Gasteiger partial charge in [0, 0.05) is 17.8 Å². The van der Waals surface area contributed by atoms with Gasteiger partial charge in [-0.2, -0.15) is 5.10 Å². The van der Waals surface area contributed by atoms with Crippen LogP contribution in [0, 0.1) is 18.6 Å². The van der Waals surface area contributed by atoms with Crippen LogP contribution in [0.1, 0.15) is 16.2 Å². The molecule has 19 heavy (non-hydrogen) atoms. The average Bonchev–Trinajstić information content (AvgIpc) is 2.26. The van der Waals surface area contributed by atoms with Crippen LogP contribution in [0.25, 0.3) is 5.69 Å². The Morgan fingerprint density at radius 1 is 1.21 bits per heavy atom. The monoisotopic (exact) mass is 266 g/mol. The number of carboxylic acids is 1. The molecule has 0 bridgehead atoms.